The van der Waals surface area contributed by atoms with E-state index in [1.54, 1.807) is 26.0 Å². The quantitative estimate of drug-likeness (QED) is 0.209. The van der Waals surface area contributed by atoms with Crippen LogP contribution >= 0.6 is 0 Å². The molecule has 50 heavy (non-hydrogen) atoms. The van der Waals surface area contributed by atoms with E-state index in [1.807, 2.05) is 13.8 Å². The lowest BCUT2D eigenvalue weighted by molar-refractivity contribution is -0.274. The van der Waals surface area contributed by atoms with Gasteiger partial charge in [0.2, 0.25) is 11.8 Å². The second-order valence-corrected chi connectivity index (χ2v) is 13.2. The molecule has 3 amide bonds. The maximum atomic E-state index is 15.1. The molecular formula is C35H44F5N5O5. The first-order valence-corrected chi connectivity index (χ1v) is 16.5. The minimum atomic E-state index is -5.08. The first kappa shape index (κ1) is 38.6. The van der Waals surface area contributed by atoms with Gasteiger partial charge in [0.1, 0.15) is 23.4 Å². The highest BCUT2D eigenvalue weighted by molar-refractivity contribution is 6.09. The van der Waals surface area contributed by atoms with Crippen LogP contribution in [0, 0.1) is 23.5 Å². The number of rotatable bonds is 13. The van der Waals surface area contributed by atoms with Gasteiger partial charge < -0.3 is 35.3 Å². The number of hydrogen-bond donors (Lipinski definition) is 3. The standard InChI is InChI=1S/C35H44F5N5O5/c1-19(2)29(41)32(46)43-30(20(3)4)33(47)42-17-21-6-7-25(36)23(16-21)22-10-12-44(13-11-22)34(48)24-18-45(14-15-49-5)31-26(37)8-9-27(28(24)31)50-35(38,39)40/h6-9,16,18-20,22,29-30H,10-15,17,41H2,1-5H3,(H,42,47)(H,43,46)/t29-,30-/m0/s1. The van der Waals surface area contributed by atoms with Gasteiger partial charge in [-0.25, -0.2) is 8.78 Å². The van der Waals surface area contributed by atoms with E-state index in [9.17, 15) is 31.9 Å². The van der Waals surface area contributed by atoms with E-state index < -0.39 is 53.6 Å². The molecule has 0 radical (unpaired) electrons. The zero-order chi connectivity index (χ0) is 36.9. The van der Waals surface area contributed by atoms with Gasteiger partial charge in [0.05, 0.1) is 29.1 Å². The van der Waals surface area contributed by atoms with Crippen LogP contribution in [0.25, 0.3) is 10.9 Å². The Labute approximate surface area is 287 Å². The van der Waals surface area contributed by atoms with Crippen LogP contribution in [0.3, 0.4) is 0 Å². The van der Waals surface area contributed by atoms with Gasteiger partial charge >= 0.3 is 6.36 Å². The third-order valence-corrected chi connectivity index (χ3v) is 8.94. The molecule has 2 heterocycles. The molecule has 2 aromatic carbocycles. The fourth-order valence-corrected chi connectivity index (χ4v) is 6.08. The SMILES string of the molecule is COCCn1cc(C(=O)N2CCC(c3cc(CNC(=O)[C@@H](NC(=O)[C@@H](N)C(C)C)C(C)C)ccc3F)CC2)c2c(OC(F)(F)F)ccc(F)c21. The zero-order valence-corrected chi connectivity index (χ0v) is 28.7. The van der Waals surface area contributed by atoms with Crippen molar-refractivity contribution in [3.05, 3.63) is 64.9 Å². The van der Waals surface area contributed by atoms with E-state index >= 15 is 4.39 Å². The van der Waals surface area contributed by atoms with E-state index in [-0.39, 0.29) is 67.0 Å². The first-order chi connectivity index (χ1) is 23.5. The minimum Gasteiger partial charge on any atom is -0.405 e. The lowest BCUT2D eigenvalue weighted by Gasteiger charge is -2.32. The Hall–Kier alpha value is -4.24. The van der Waals surface area contributed by atoms with Gasteiger partial charge in [-0.3, -0.25) is 14.4 Å². The number of benzene rings is 2. The van der Waals surface area contributed by atoms with Crippen LogP contribution in [0.5, 0.6) is 5.75 Å². The minimum absolute atomic E-state index is 0.0733. The Kier molecular flexibility index (Phi) is 12.5. The number of nitrogens with one attached hydrogen (secondary N) is 2. The second-order valence-electron chi connectivity index (χ2n) is 13.2. The molecule has 274 valence electrons. The zero-order valence-electron chi connectivity index (χ0n) is 28.7. The topological polar surface area (TPSA) is 128 Å². The molecule has 3 aromatic rings. The molecule has 4 N–H and O–H groups in total. The predicted molar refractivity (Wildman–Crippen MR) is 176 cm³/mol. The molecule has 0 bridgehead atoms. The molecule has 0 saturated carbocycles. The molecule has 0 aliphatic carbocycles. The fraction of sp³-hybridized carbons (Fsp3) is 0.514. The number of hydrogen-bond acceptors (Lipinski definition) is 6. The summed E-state index contributed by atoms with van der Waals surface area (Å²) < 4.78 is 80.5. The van der Waals surface area contributed by atoms with E-state index in [1.165, 1.54) is 28.8 Å². The second kappa shape index (κ2) is 16.2. The Balaban J connectivity index is 1.48. The average Bonchev–Trinajstić information content (AvgIpc) is 3.46. The highest BCUT2D eigenvalue weighted by Gasteiger charge is 2.35. The summed E-state index contributed by atoms with van der Waals surface area (Å²) in [6, 6.07) is 4.62. The summed E-state index contributed by atoms with van der Waals surface area (Å²) >= 11 is 0. The molecule has 0 spiro atoms. The Morgan fingerprint density at radius 1 is 0.980 bits per heavy atom. The largest absolute Gasteiger partial charge is 0.573 e. The lowest BCUT2D eigenvalue weighted by Crippen LogP contribution is -2.54. The van der Waals surface area contributed by atoms with E-state index in [4.69, 9.17) is 10.5 Å². The Bertz CT molecular complexity index is 1680. The predicted octanol–water partition coefficient (Wildman–Crippen LogP) is 5.22. The molecule has 1 aliphatic rings. The highest BCUT2D eigenvalue weighted by atomic mass is 19.4. The van der Waals surface area contributed by atoms with Gasteiger partial charge in [0.25, 0.3) is 5.91 Å². The van der Waals surface area contributed by atoms with Crippen molar-refractivity contribution in [3.63, 3.8) is 0 Å². The summed E-state index contributed by atoms with van der Waals surface area (Å²) in [4.78, 5) is 40.7. The van der Waals surface area contributed by atoms with Crippen molar-refractivity contribution in [2.45, 2.75) is 78.0 Å². The molecule has 10 nitrogen and oxygen atoms in total. The van der Waals surface area contributed by atoms with Crippen LogP contribution in [0.4, 0.5) is 22.0 Å². The number of amides is 3. The van der Waals surface area contributed by atoms with Crippen molar-refractivity contribution in [1.82, 2.24) is 20.1 Å². The number of nitrogens with zero attached hydrogens (tertiary/aromatic N) is 2. The maximum Gasteiger partial charge on any atom is 0.573 e. The molecule has 1 aromatic heterocycles. The van der Waals surface area contributed by atoms with Crippen LogP contribution in [0.15, 0.2) is 36.5 Å². The Morgan fingerprint density at radius 2 is 1.64 bits per heavy atom. The number of aromatic nitrogens is 1. The smallest absolute Gasteiger partial charge is 0.405 e. The molecule has 1 saturated heterocycles. The van der Waals surface area contributed by atoms with Gasteiger partial charge in [-0.05, 0) is 59.9 Å². The average molecular weight is 710 g/mol. The number of methoxy groups -OCH3 is 1. The van der Waals surface area contributed by atoms with Gasteiger partial charge in [0, 0.05) is 39.5 Å². The third kappa shape index (κ3) is 9.10. The molecule has 2 atom stereocenters. The maximum absolute atomic E-state index is 15.1. The summed E-state index contributed by atoms with van der Waals surface area (Å²) in [6.45, 7) is 7.79. The number of carbonyl (C=O) groups is 3. The molecule has 1 fully saturated rings. The highest BCUT2D eigenvalue weighted by Crippen LogP contribution is 2.38. The van der Waals surface area contributed by atoms with Crippen molar-refractivity contribution < 1.29 is 45.8 Å². The van der Waals surface area contributed by atoms with Gasteiger partial charge in [-0.2, -0.15) is 0 Å². The number of halogens is 5. The fourth-order valence-electron chi connectivity index (χ4n) is 6.08. The summed E-state index contributed by atoms with van der Waals surface area (Å²) in [5, 5.41) is 5.23. The summed E-state index contributed by atoms with van der Waals surface area (Å²) in [7, 11) is 1.42. The monoisotopic (exact) mass is 709 g/mol. The lowest BCUT2D eigenvalue weighted by atomic mass is 9.88. The number of alkyl halides is 3. The number of nitrogens with two attached hydrogens (primary N) is 1. The first-order valence-electron chi connectivity index (χ1n) is 16.5. The van der Waals surface area contributed by atoms with Gasteiger partial charge in [0.15, 0.2) is 0 Å². The summed E-state index contributed by atoms with van der Waals surface area (Å²) in [5.74, 6) is -4.05. The van der Waals surface area contributed by atoms with E-state index in [2.05, 4.69) is 15.4 Å². The Morgan fingerprint density at radius 3 is 2.24 bits per heavy atom. The van der Waals surface area contributed by atoms with Crippen molar-refractivity contribution in [2.75, 3.05) is 26.8 Å². The summed E-state index contributed by atoms with van der Waals surface area (Å²) in [5.41, 5.74) is 6.60. The van der Waals surface area contributed by atoms with Crippen molar-refractivity contribution in [3.8, 4) is 5.75 Å². The normalized spacial score (nSPS) is 15.4. The van der Waals surface area contributed by atoms with Crippen LogP contribution in [-0.2, 0) is 27.4 Å². The molecule has 1 aliphatic heterocycles. The molecule has 4 rings (SSSR count). The summed E-state index contributed by atoms with van der Waals surface area (Å²) in [6.07, 6.45) is -3.08. The number of likely N-dealkylation sites (tertiary alicyclic amines) is 1. The van der Waals surface area contributed by atoms with E-state index in [0.717, 1.165) is 12.1 Å². The van der Waals surface area contributed by atoms with E-state index in [0.29, 0.717) is 24.0 Å². The van der Waals surface area contributed by atoms with Crippen LogP contribution in [0.1, 0.15) is 67.9 Å². The number of piperidine rings is 1. The number of carbonyl (C=O) groups excluding carboxylic acids is 3. The van der Waals surface area contributed by atoms with Crippen molar-refractivity contribution in [2.24, 2.45) is 17.6 Å². The van der Waals surface area contributed by atoms with Crippen LogP contribution in [-0.4, -0.2) is 72.4 Å². The number of fused-ring (bicyclic) bond motifs is 1. The molecule has 0 unspecified atom stereocenters. The molecule has 15 heteroatoms. The van der Waals surface area contributed by atoms with Crippen molar-refractivity contribution >= 4 is 28.6 Å². The molecular weight excluding hydrogens is 665 g/mol. The van der Waals surface area contributed by atoms with Crippen LogP contribution in [0.2, 0.25) is 0 Å². The van der Waals surface area contributed by atoms with Gasteiger partial charge in [-0.15, -0.1) is 13.2 Å². The number of ether oxygens (including phenoxy) is 2. The van der Waals surface area contributed by atoms with Crippen molar-refractivity contribution in [1.29, 1.82) is 0 Å². The van der Waals surface area contributed by atoms with Gasteiger partial charge in [-0.1, -0.05) is 39.8 Å². The van der Waals surface area contributed by atoms with Crippen LogP contribution < -0.4 is 21.1 Å². The third-order valence-electron chi connectivity index (χ3n) is 8.94.